The third-order valence-corrected chi connectivity index (χ3v) is 7.14. The van der Waals surface area contributed by atoms with E-state index in [4.69, 9.17) is 4.52 Å². The predicted octanol–water partition coefficient (Wildman–Crippen LogP) is 4.02. The zero-order valence-electron chi connectivity index (χ0n) is 16.2. The second kappa shape index (κ2) is 8.48. The molecule has 0 spiro atoms. The fraction of sp³-hybridized carbons (Fsp3) is 0.300. The Labute approximate surface area is 173 Å². The summed E-state index contributed by atoms with van der Waals surface area (Å²) in [5.74, 6) is -0.944. The summed E-state index contributed by atoms with van der Waals surface area (Å²) in [6, 6.07) is 10.7. The lowest BCUT2D eigenvalue weighted by Gasteiger charge is -2.18. The lowest BCUT2D eigenvalue weighted by molar-refractivity contribution is -0.140. The fourth-order valence-corrected chi connectivity index (χ4v) is 4.97. The molecule has 2 N–H and O–H groups in total. The van der Waals surface area contributed by atoms with Crippen LogP contribution in [-0.2, 0) is 21.2 Å². The summed E-state index contributed by atoms with van der Waals surface area (Å²) in [5.41, 5.74) is 1.29. The lowest BCUT2D eigenvalue weighted by Crippen LogP contribution is -2.44. The van der Waals surface area contributed by atoms with Gasteiger partial charge in [0.05, 0.1) is 9.77 Å². The second-order valence-electron chi connectivity index (χ2n) is 6.90. The number of aromatic nitrogens is 1. The highest BCUT2D eigenvalue weighted by atomic mass is 32.2. The van der Waals surface area contributed by atoms with E-state index in [-0.39, 0.29) is 10.8 Å². The van der Waals surface area contributed by atoms with Crippen molar-refractivity contribution in [3.05, 3.63) is 47.3 Å². The number of carbonyl (C=O) groups is 1. The Morgan fingerprint density at radius 2 is 1.90 bits per heavy atom. The largest absolute Gasteiger partial charge is 0.480 e. The van der Waals surface area contributed by atoms with Crippen molar-refractivity contribution in [1.29, 1.82) is 0 Å². The average molecular weight is 435 g/mol. The van der Waals surface area contributed by atoms with Gasteiger partial charge in [0.15, 0.2) is 5.76 Å². The predicted molar refractivity (Wildman–Crippen MR) is 111 cm³/mol. The molecule has 0 radical (unpaired) electrons. The van der Waals surface area contributed by atoms with E-state index in [0.717, 1.165) is 11.3 Å². The molecule has 0 saturated carbocycles. The van der Waals surface area contributed by atoms with Crippen LogP contribution in [0, 0.1) is 5.92 Å². The molecule has 3 rings (SSSR count). The minimum absolute atomic E-state index is 0.0114. The topological polar surface area (TPSA) is 110 Å². The summed E-state index contributed by atoms with van der Waals surface area (Å²) < 4.78 is 32.7. The molecule has 0 saturated heterocycles. The van der Waals surface area contributed by atoms with Gasteiger partial charge in [0.1, 0.15) is 11.7 Å². The molecule has 1 unspecified atom stereocenters. The minimum Gasteiger partial charge on any atom is -0.480 e. The van der Waals surface area contributed by atoms with E-state index < -0.39 is 22.0 Å². The van der Waals surface area contributed by atoms with Crippen LogP contribution >= 0.6 is 11.3 Å². The molecule has 0 aliphatic carbocycles. The first kappa shape index (κ1) is 21.2. The van der Waals surface area contributed by atoms with Crippen LogP contribution in [0.1, 0.15) is 25.6 Å². The van der Waals surface area contributed by atoms with Gasteiger partial charge in [0.2, 0.25) is 10.0 Å². The molecule has 0 amide bonds. The first-order valence-corrected chi connectivity index (χ1v) is 11.4. The van der Waals surface area contributed by atoms with Crippen molar-refractivity contribution >= 4 is 27.3 Å². The molecule has 1 aromatic carbocycles. The van der Waals surface area contributed by atoms with E-state index in [0.29, 0.717) is 17.0 Å². The summed E-state index contributed by atoms with van der Waals surface area (Å²) in [6.45, 7) is 5.37. The number of thiophene rings is 1. The maximum Gasteiger partial charge on any atom is 0.322 e. The minimum atomic E-state index is -3.96. The highest BCUT2D eigenvalue weighted by molar-refractivity contribution is 7.89. The number of sulfonamides is 1. The molecule has 0 aliphatic heterocycles. The van der Waals surface area contributed by atoms with Crippen LogP contribution in [0.5, 0.6) is 0 Å². The molecule has 7 nitrogen and oxygen atoms in total. The van der Waals surface area contributed by atoms with Gasteiger partial charge in [-0.3, -0.25) is 4.79 Å². The van der Waals surface area contributed by atoms with Gasteiger partial charge in [-0.25, -0.2) is 8.42 Å². The van der Waals surface area contributed by atoms with E-state index in [1.807, 2.05) is 12.1 Å². The monoisotopic (exact) mass is 434 g/mol. The Balaban J connectivity index is 1.80. The number of carboxylic acid groups (broad SMARTS) is 1. The maximum absolute atomic E-state index is 12.5. The number of hydrogen-bond donors (Lipinski definition) is 2. The van der Waals surface area contributed by atoms with Crippen LogP contribution in [0.15, 0.2) is 51.9 Å². The molecule has 1 atom stereocenters. The van der Waals surface area contributed by atoms with Gasteiger partial charge in [0.25, 0.3) is 0 Å². The summed E-state index contributed by atoms with van der Waals surface area (Å²) >= 11 is 1.64. The average Bonchev–Trinajstić information content (AvgIpc) is 3.35. The van der Waals surface area contributed by atoms with Gasteiger partial charge in [-0.05, 0) is 36.6 Å². The molecule has 0 bridgehead atoms. The third-order valence-electron chi connectivity index (χ3n) is 4.44. The van der Waals surface area contributed by atoms with Crippen molar-refractivity contribution in [1.82, 2.24) is 9.88 Å². The maximum atomic E-state index is 12.5. The Bertz CT molecular complexity index is 1100. The summed E-state index contributed by atoms with van der Waals surface area (Å²) in [5, 5.41) is 13.3. The Morgan fingerprint density at radius 3 is 2.45 bits per heavy atom. The van der Waals surface area contributed by atoms with Crippen molar-refractivity contribution in [3.63, 3.8) is 0 Å². The van der Waals surface area contributed by atoms with E-state index in [9.17, 15) is 18.3 Å². The normalized spacial score (nSPS) is 13.0. The second-order valence-corrected chi connectivity index (χ2v) is 9.78. The number of aliphatic carboxylic acids is 1. The molecular weight excluding hydrogens is 412 g/mol. The van der Waals surface area contributed by atoms with Gasteiger partial charge >= 0.3 is 5.97 Å². The number of rotatable bonds is 8. The summed E-state index contributed by atoms with van der Waals surface area (Å²) in [6.07, 6.45) is 0.954. The van der Waals surface area contributed by atoms with Crippen LogP contribution in [-0.4, -0.2) is 30.7 Å². The molecular formula is C20H22N2O5S2. The molecule has 0 fully saturated rings. The van der Waals surface area contributed by atoms with Crippen LogP contribution in [0.3, 0.4) is 0 Å². The van der Waals surface area contributed by atoms with Gasteiger partial charge in [-0.1, -0.05) is 38.1 Å². The number of hydrogen-bond acceptors (Lipinski definition) is 6. The van der Waals surface area contributed by atoms with Crippen molar-refractivity contribution < 1.29 is 22.8 Å². The molecule has 3 aromatic rings. The van der Waals surface area contributed by atoms with Crippen LogP contribution in [0.2, 0.25) is 0 Å². The number of carboxylic acids is 1. The highest BCUT2D eigenvalue weighted by Gasteiger charge is 2.28. The molecule has 2 heterocycles. The smallest absolute Gasteiger partial charge is 0.322 e. The van der Waals surface area contributed by atoms with Crippen molar-refractivity contribution in [3.8, 4) is 21.9 Å². The standard InChI is InChI=1S/C20H22N2O5S2/c1-4-14-7-10-18(28-14)17-11-16(21-27-17)13-5-8-15(9-6-13)29(25,26)22-19(12(2)3)20(23)24/h5-12,19,22H,4H2,1-3H3,(H,23,24). The highest BCUT2D eigenvalue weighted by Crippen LogP contribution is 2.31. The van der Waals surface area contributed by atoms with Gasteiger partial charge in [0, 0.05) is 16.5 Å². The number of benzene rings is 1. The fourth-order valence-electron chi connectivity index (χ4n) is 2.74. The van der Waals surface area contributed by atoms with E-state index >= 15 is 0 Å². The van der Waals surface area contributed by atoms with Crippen molar-refractivity contribution in [2.45, 2.75) is 38.1 Å². The third kappa shape index (κ3) is 4.75. The van der Waals surface area contributed by atoms with E-state index in [1.165, 1.54) is 17.0 Å². The van der Waals surface area contributed by atoms with Crippen molar-refractivity contribution in [2.75, 3.05) is 0 Å². The molecule has 2 aromatic heterocycles. The SMILES string of the molecule is CCc1ccc(-c2cc(-c3ccc(S(=O)(=O)NC(C(=O)O)C(C)C)cc3)no2)s1. The van der Waals surface area contributed by atoms with Gasteiger partial charge < -0.3 is 9.63 Å². The van der Waals surface area contributed by atoms with Crippen LogP contribution < -0.4 is 4.72 Å². The first-order chi connectivity index (χ1) is 13.7. The van der Waals surface area contributed by atoms with Crippen LogP contribution in [0.25, 0.3) is 21.9 Å². The van der Waals surface area contributed by atoms with Crippen LogP contribution in [0.4, 0.5) is 0 Å². The summed E-state index contributed by atoms with van der Waals surface area (Å²) in [7, 11) is -3.96. The quantitative estimate of drug-likeness (QED) is 0.554. The van der Waals surface area contributed by atoms with Gasteiger partial charge in [-0.2, -0.15) is 4.72 Å². The lowest BCUT2D eigenvalue weighted by atomic mass is 10.1. The number of aryl methyl sites for hydroxylation is 1. The Hall–Kier alpha value is -2.49. The van der Waals surface area contributed by atoms with E-state index in [2.05, 4.69) is 22.9 Å². The molecule has 9 heteroatoms. The zero-order chi connectivity index (χ0) is 21.2. The molecule has 0 aliphatic rings. The first-order valence-electron chi connectivity index (χ1n) is 9.12. The number of nitrogens with one attached hydrogen (secondary N) is 1. The molecule has 154 valence electrons. The van der Waals surface area contributed by atoms with Crippen molar-refractivity contribution in [2.24, 2.45) is 5.92 Å². The molecule has 29 heavy (non-hydrogen) atoms. The van der Waals surface area contributed by atoms with E-state index in [1.54, 1.807) is 37.3 Å². The number of nitrogens with zero attached hydrogens (tertiary/aromatic N) is 1. The van der Waals surface area contributed by atoms with Gasteiger partial charge in [-0.15, -0.1) is 11.3 Å². The Kier molecular flexibility index (Phi) is 6.21. The summed E-state index contributed by atoms with van der Waals surface area (Å²) in [4.78, 5) is 13.5. The zero-order valence-corrected chi connectivity index (χ0v) is 17.9. The Morgan fingerprint density at radius 1 is 1.21 bits per heavy atom.